The predicted molar refractivity (Wildman–Crippen MR) is 85.5 cm³/mol. The second-order valence-corrected chi connectivity index (χ2v) is 5.75. The van der Waals surface area contributed by atoms with Crippen LogP contribution >= 0.6 is 0 Å². The summed E-state index contributed by atoms with van der Waals surface area (Å²) >= 11 is 0. The second-order valence-electron chi connectivity index (χ2n) is 5.75. The summed E-state index contributed by atoms with van der Waals surface area (Å²) in [6.45, 7) is 0.371. The van der Waals surface area contributed by atoms with E-state index in [-0.39, 0.29) is 17.9 Å². The van der Waals surface area contributed by atoms with Crippen LogP contribution in [0.25, 0.3) is 0 Å². The number of aliphatic hydroxyl groups is 1. The minimum absolute atomic E-state index is 0.0242. The largest absolute Gasteiger partial charge is 0.497 e. The van der Waals surface area contributed by atoms with Crippen LogP contribution in [-0.2, 0) is 16.1 Å². The van der Waals surface area contributed by atoms with Gasteiger partial charge in [0.1, 0.15) is 11.5 Å². The van der Waals surface area contributed by atoms with Crippen molar-refractivity contribution in [1.82, 2.24) is 5.32 Å². The van der Waals surface area contributed by atoms with Crippen LogP contribution in [0.5, 0.6) is 11.5 Å². The molecular weight excluding hydrogens is 298 g/mol. The fourth-order valence-corrected chi connectivity index (χ4v) is 2.95. The topological polar surface area (TPSA) is 77.0 Å². The molecule has 0 spiro atoms. The highest BCUT2D eigenvalue weighted by Gasteiger charge is 2.32. The van der Waals surface area contributed by atoms with Crippen molar-refractivity contribution in [1.29, 1.82) is 0 Å². The number of carbonyl (C=O) groups is 1. The Balaban J connectivity index is 1.96. The summed E-state index contributed by atoms with van der Waals surface area (Å²) in [6, 6.07) is 5.48. The minimum atomic E-state index is -0.484. The van der Waals surface area contributed by atoms with E-state index < -0.39 is 6.10 Å². The van der Waals surface area contributed by atoms with E-state index in [0.29, 0.717) is 31.6 Å². The van der Waals surface area contributed by atoms with Gasteiger partial charge in [0.2, 0.25) is 5.91 Å². The van der Waals surface area contributed by atoms with Gasteiger partial charge in [-0.15, -0.1) is 0 Å². The molecule has 1 aliphatic carbocycles. The number of rotatable bonds is 6. The number of aliphatic hydroxyl groups excluding tert-OH is 1. The molecule has 2 N–H and O–H groups in total. The maximum Gasteiger partial charge on any atom is 0.223 e. The van der Waals surface area contributed by atoms with Gasteiger partial charge in [-0.3, -0.25) is 4.79 Å². The summed E-state index contributed by atoms with van der Waals surface area (Å²) in [5.74, 6) is 1.26. The van der Waals surface area contributed by atoms with E-state index in [1.807, 2.05) is 18.2 Å². The molecule has 0 unspecified atom stereocenters. The molecule has 0 aromatic heterocycles. The molecule has 23 heavy (non-hydrogen) atoms. The molecule has 1 aliphatic rings. The zero-order valence-electron chi connectivity index (χ0n) is 13.9. The van der Waals surface area contributed by atoms with Gasteiger partial charge in [0.05, 0.1) is 26.4 Å². The van der Waals surface area contributed by atoms with Gasteiger partial charge < -0.3 is 24.6 Å². The molecule has 0 aliphatic heterocycles. The van der Waals surface area contributed by atoms with Crippen LogP contribution in [0.2, 0.25) is 0 Å². The van der Waals surface area contributed by atoms with Gasteiger partial charge in [0, 0.05) is 25.1 Å². The van der Waals surface area contributed by atoms with Gasteiger partial charge in [-0.05, 0) is 37.5 Å². The van der Waals surface area contributed by atoms with Gasteiger partial charge in [-0.1, -0.05) is 0 Å². The normalized spacial score (nSPS) is 24.1. The van der Waals surface area contributed by atoms with Crippen LogP contribution in [0.3, 0.4) is 0 Å². The van der Waals surface area contributed by atoms with Gasteiger partial charge in [0.15, 0.2) is 0 Å². The van der Waals surface area contributed by atoms with Crippen molar-refractivity contribution in [2.45, 2.75) is 38.0 Å². The summed E-state index contributed by atoms with van der Waals surface area (Å²) in [4.78, 5) is 12.4. The van der Waals surface area contributed by atoms with E-state index in [2.05, 4.69) is 5.32 Å². The molecule has 1 aromatic rings. The first-order chi connectivity index (χ1) is 11.1. The minimum Gasteiger partial charge on any atom is -0.497 e. The molecule has 0 saturated heterocycles. The average Bonchev–Trinajstić information content (AvgIpc) is 2.59. The number of hydrogen-bond acceptors (Lipinski definition) is 5. The molecule has 1 aromatic carbocycles. The van der Waals surface area contributed by atoms with E-state index in [9.17, 15) is 9.90 Å². The SMILES string of the molecule is COc1ccc(OC)c(CNC(=O)[C@@H]2CC[C@H](O)[C@H](OC)C2)c1. The van der Waals surface area contributed by atoms with Crippen LogP contribution in [0.4, 0.5) is 0 Å². The predicted octanol–water partition coefficient (Wildman–Crippen LogP) is 1.50. The molecular formula is C17H25NO5. The number of methoxy groups -OCH3 is 3. The van der Waals surface area contributed by atoms with E-state index in [0.717, 1.165) is 11.3 Å². The molecule has 2 rings (SSSR count). The van der Waals surface area contributed by atoms with Gasteiger partial charge in [-0.2, -0.15) is 0 Å². The molecule has 1 fully saturated rings. The lowest BCUT2D eigenvalue weighted by molar-refractivity contribution is -0.130. The summed E-state index contributed by atoms with van der Waals surface area (Å²) in [5, 5.41) is 12.8. The molecule has 3 atom stereocenters. The summed E-state index contributed by atoms with van der Waals surface area (Å²) < 4.78 is 15.8. The van der Waals surface area contributed by atoms with Crippen molar-refractivity contribution in [3.8, 4) is 11.5 Å². The summed E-state index contributed by atoms with van der Waals surface area (Å²) in [6.07, 6.45) is 1.04. The molecule has 1 saturated carbocycles. The van der Waals surface area contributed by atoms with E-state index in [4.69, 9.17) is 14.2 Å². The first-order valence-electron chi connectivity index (χ1n) is 7.78. The van der Waals surface area contributed by atoms with Crippen LogP contribution < -0.4 is 14.8 Å². The molecule has 0 radical (unpaired) electrons. The zero-order valence-corrected chi connectivity index (χ0v) is 13.9. The number of hydrogen-bond donors (Lipinski definition) is 2. The van der Waals surface area contributed by atoms with E-state index in [1.54, 1.807) is 21.3 Å². The lowest BCUT2D eigenvalue weighted by Crippen LogP contribution is -2.41. The number of carbonyl (C=O) groups excluding carboxylic acids is 1. The first kappa shape index (κ1) is 17.6. The van der Waals surface area contributed by atoms with Crippen molar-refractivity contribution >= 4 is 5.91 Å². The zero-order chi connectivity index (χ0) is 16.8. The van der Waals surface area contributed by atoms with Gasteiger partial charge in [-0.25, -0.2) is 0 Å². The maximum atomic E-state index is 12.4. The third-order valence-electron chi connectivity index (χ3n) is 4.37. The smallest absolute Gasteiger partial charge is 0.223 e. The Morgan fingerprint density at radius 3 is 2.70 bits per heavy atom. The standard InChI is InChI=1S/C17H25NO5/c1-21-13-5-7-15(22-2)12(8-13)10-18-17(20)11-4-6-14(19)16(9-11)23-3/h5,7-8,11,14,16,19H,4,6,9-10H2,1-3H3,(H,18,20)/t11-,14+,16-/m1/s1. The Morgan fingerprint density at radius 1 is 1.26 bits per heavy atom. The third-order valence-corrected chi connectivity index (χ3v) is 4.37. The highest BCUT2D eigenvalue weighted by atomic mass is 16.5. The van der Waals surface area contributed by atoms with Crippen LogP contribution in [0.1, 0.15) is 24.8 Å². The van der Waals surface area contributed by atoms with Crippen molar-refractivity contribution in [3.63, 3.8) is 0 Å². The molecule has 1 amide bonds. The Hall–Kier alpha value is -1.79. The fraction of sp³-hybridized carbons (Fsp3) is 0.588. The monoisotopic (exact) mass is 323 g/mol. The van der Waals surface area contributed by atoms with Crippen molar-refractivity contribution in [2.24, 2.45) is 5.92 Å². The van der Waals surface area contributed by atoms with Crippen LogP contribution in [0.15, 0.2) is 18.2 Å². The second kappa shape index (κ2) is 8.17. The summed E-state index contributed by atoms with van der Waals surface area (Å²) in [5.41, 5.74) is 0.860. The molecule has 6 nitrogen and oxygen atoms in total. The maximum absolute atomic E-state index is 12.4. The molecule has 6 heteroatoms. The Bertz CT molecular complexity index is 534. The number of amides is 1. The van der Waals surface area contributed by atoms with Crippen molar-refractivity contribution in [3.05, 3.63) is 23.8 Å². The van der Waals surface area contributed by atoms with Crippen LogP contribution in [0, 0.1) is 5.92 Å². The highest BCUT2D eigenvalue weighted by Crippen LogP contribution is 2.27. The molecule has 0 heterocycles. The lowest BCUT2D eigenvalue weighted by atomic mass is 9.84. The number of benzene rings is 1. The summed E-state index contributed by atoms with van der Waals surface area (Å²) in [7, 11) is 4.76. The number of ether oxygens (including phenoxy) is 3. The van der Waals surface area contributed by atoms with E-state index in [1.165, 1.54) is 0 Å². The van der Waals surface area contributed by atoms with Crippen molar-refractivity contribution < 1.29 is 24.1 Å². The molecule has 0 bridgehead atoms. The Morgan fingerprint density at radius 2 is 2.04 bits per heavy atom. The third kappa shape index (κ3) is 4.36. The van der Waals surface area contributed by atoms with Crippen LogP contribution in [-0.4, -0.2) is 44.6 Å². The van der Waals surface area contributed by atoms with E-state index >= 15 is 0 Å². The quantitative estimate of drug-likeness (QED) is 0.829. The lowest BCUT2D eigenvalue weighted by Gasteiger charge is -2.31. The average molecular weight is 323 g/mol. The first-order valence-corrected chi connectivity index (χ1v) is 7.78. The van der Waals surface area contributed by atoms with Crippen molar-refractivity contribution in [2.75, 3.05) is 21.3 Å². The highest BCUT2D eigenvalue weighted by molar-refractivity contribution is 5.78. The number of nitrogens with one attached hydrogen (secondary N) is 1. The fourth-order valence-electron chi connectivity index (χ4n) is 2.95. The molecule has 128 valence electrons. The Labute approximate surface area is 136 Å². The Kier molecular flexibility index (Phi) is 6.24. The van der Waals surface area contributed by atoms with Gasteiger partial charge >= 0.3 is 0 Å². The van der Waals surface area contributed by atoms with Gasteiger partial charge in [0.25, 0.3) is 0 Å².